The Bertz CT molecular complexity index is 663. The summed E-state index contributed by atoms with van der Waals surface area (Å²) in [7, 11) is 1.79. The molecule has 0 fully saturated rings. The molecular weight excluding hydrogens is 272 g/mol. The molecule has 0 aliphatic carbocycles. The molecule has 0 aliphatic rings. The highest BCUT2D eigenvalue weighted by molar-refractivity contribution is 7.80. The fourth-order valence-electron chi connectivity index (χ4n) is 1.98. The number of thiocarbonyl (C=S) groups is 1. The molecule has 1 aromatic heterocycles. The minimum absolute atomic E-state index is 0.210. The van der Waals surface area contributed by atoms with E-state index in [0.29, 0.717) is 23.2 Å². The van der Waals surface area contributed by atoms with Crippen molar-refractivity contribution >= 4 is 28.8 Å². The Morgan fingerprint density at radius 1 is 1.40 bits per heavy atom. The lowest BCUT2D eigenvalue weighted by Crippen LogP contribution is -2.18. The summed E-state index contributed by atoms with van der Waals surface area (Å²) in [5.74, 6) is -0.210. The Morgan fingerprint density at radius 3 is 2.75 bits per heavy atom. The lowest BCUT2D eigenvalue weighted by Gasteiger charge is -2.09. The largest absolute Gasteiger partial charge is 0.389 e. The van der Waals surface area contributed by atoms with Crippen LogP contribution >= 0.6 is 12.2 Å². The molecule has 0 atom stereocenters. The van der Waals surface area contributed by atoms with E-state index in [9.17, 15) is 4.79 Å². The Morgan fingerprint density at radius 2 is 2.10 bits per heavy atom. The zero-order valence-electron chi connectivity index (χ0n) is 11.4. The van der Waals surface area contributed by atoms with Gasteiger partial charge in [0.1, 0.15) is 4.99 Å². The second-order valence-corrected chi connectivity index (χ2v) is 4.82. The maximum Gasteiger partial charge on any atom is 0.259 e. The van der Waals surface area contributed by atoms with Gasteiger partial charge in [-0.15, -0.1) is 0 Å². The van der Waals surface area contributed by atoms with E-state index in [4.69, 9.17) is 18.0 Å². The van der Waals surface area contributed by atoms with Crippen LogP contribution in [-0.2, 0) is 13.5 Å². The van der Waals surface area contributed by atoms with Gasteiger partial charge in [0.05, 0.1) is 16.9 Å². The van der Waals surface area contributed by atoms with Crippen molar-refractivity contribution in [2.45, 2.75) is 13.3 Å². The number of carbonyl (C=O) groups is 1. The van der Waals surface area contributed by atoms with Crippen molar-refractivity contribution in [3.05, 3.63) is 47.3 Å². The zero-order valence-corrected chi connectivity index (χ0v) is 12.2. The normalized spacial score (nSPS) is 10.3. The van der Waals surface area contributed by atoms with Gasteiger partial charge in [0.15, 0.2) is 0 Å². The monoisotopic (exact) mass is 288 g/mol. The van der Waals surface area contributed by atoms with Crippen LogP contribution in [0.3, 0.4) is 0 Å². The molecule has 0 unspecified atom stereocenters. The smallest absolute Gasteiger partial charge is 0.259 e. The average Bonchev–Trinajstić information content (AvgIpc) is 2.80. The van der Waals surface area contributed by atoms with Gasteiger partial charge in [-0.2, -0.15) is 5.10 Å². The molecular formula is C14H16N4OS. The van der Waals surface area contributed by atoms with Gasteiger partial charge in [0.2, 0.25) is 0 Å². The topological polar surface area (TPSA) is 72.9 Å². The summed E-state index contributed by atoms with van der Waals surface area (Å²) in [5, 5.41) is 7.09. The molecule has 0 saturated carbocycles. The first-order valence-corrected chi connectivity index (χ1v) is 6.66. The number of carbonyl (C=O) groups excluding carboxylic acids is 1. The fourth-order valence-corrected chi connectivity index (χ4v) is 2.16. The van der Waals surface area contributed by atoms with Crippen LogP contribution in [0.25, 0.3) is 0 Å². The molecule has 0 bridgehead atoms. The van der Waals surface area contributed by atoms with E-state index < -0.39 is 0 Å². The lowest BCUT2D eigenvalue weighted by molar-refractivity contribution is 0.102. The highest BCUT2D eigenvalue weighted by Crippen LogP contribution is 2.17. The molecule has 1 aromatic carbocycles. The van der Waals surface area contributed by atoms with Crippen molar-refractivity contribution in [3.63, 3.8) is 0 Å². The van der Waals surface area contributed by atoms with Crippen LogP contribution in [0.5, 0.6) is 0 Å². The number of benzene rings is 1. The summed E-state index contributed by atoms with van der Waals surface area (Å²) in [5.41, 5.74) is 8.24. The average molecular weight is 288 g/mol. The van der Waals surface area contributed by atoms with Crippen LogP contribution in [0.4, 0.5) is 5.69 Å². The molecule has 6 heteroatoms. The van der Waals surface area contributed by atoms with Crippen molar-refractivity contribution in [2.24, 2.45) is 12.8 Å². The first-order chi connectivity index (χ1) is 9.52. The Labute approximate surface area is 122 Å². The summed E-state index contributed by atoms with van der Waals surface area (Å²) in [6.45, 7) is 1.96. The molecule has 0 saturated heterocycles. The van der Waals surface area contributed by atoms with Gasteiger partial charge in [0.25, 0.3) is 5.91 Å². The van der Waals surface area contributed by atoms with Gasteiger partial charge < -0.3 is 11.1 Å². The summed E-state index contributed by atoms with van der Waals surface area (Å²) in [6.07, 6.45) is 2.40. The standard InChI is InChI=1S/C14H16N4OS/c1-3-11-10(8-18(2)17-11)14(19)16-12-7-5-4-6-9(12)13(15)20/h4-8H,3H2,1-2H3,(H2,15,20)(H,16,19). The number of hydrogen-bond acceptors (Lipinski definition) is 3. The van der Waals surface area contributed by atoms with E-state index in [2.05, 4.69) is 10.4 Å². The number of hydrogen-bond donors (Lipinski definition) is 2. The molecule has 0 radical (unpaired) electrons. The zero-order chi connectivity index (χ0) is 14.7. The maximum absolute atomic E-state index is 12.3. The first kappa shape index (κ1) is 14.2. The number of nitrogens with zero attached hydrogens (tertiary/aromatic N) is 2. The SMILES string of the molecule is CCc1nn(C)cc1C(=O)Nc1ccccc1C(N)=S. The summed E-state index contributed by atoms with van der Waals surface area (Å²) < 4.78 is 1.63. The number of para-hydroxylation sites is 1. The number of nitrogens with two attached hydrogens (primary N) is 1. The van der Waals surface area contributed by atoms with Gasteiger partial charge in [-0.25, -0.2) is 0 Å². The molecule has 1 heterocycles. The Balaban J connectivity index is 2.30. The van der Waals surface area contributed by atoms with E-state index in [1.807, 2.05) is 19.1 Å². The first-order valence-electron chi connectivity index (χ1n) is 6.25. The minimum Gasteiger partial charge on any atom is -0.389 e. The van der Waals surface area contributed by atoms with Crippen LogP contribution in [-0.4, -0.2) is 20.7 Å². The minimum atomic E-state index is -0.210. The highest BCUT2D eigenvalue weighted by atomic mass is 32.1. The summed E-state index contributed by atoms with van der Waals surface area (Å²) >= 11 is 4.98. The molecule has 0 aliphatic heterocycles. The van der Waals surface area contributed by atoms with Gasteiger partial charge in [-0.1, -0.05) is 31.3 Å². The number of amides is 1. The molecule has 3 N–H and O–H groups in total. The van der Waals surface area contributed by atoms with Gasteiger partial charge >= 0.3 is 0 Å². The summed E-state index contributed by atoms with van der Waals surface area (Å²) in [6, 6.07) is 7.20. The Hall–Kier alpha value is -2.21. The van der Waals surface area contributed by atoms with Crippen molar-refractivity contribution in [1.82, 2.24) is 9.78 Å². The van der Waals surface area contributed by atoms with E-state index in [1.54, 1.807) is 30.1 Å². The second kappa shape index (κ2) is 5.83. The van der Waals surface area contributed by atoms with Gasteiger partial charge in [-0.3, -0.25) is 9.48 Å². The lowest BCUT2D eigenvalue weighted by atomic mass is 10.1. The third-order valence-corrected chi connectivity index (χ3v) is 3.15. The number of rotatable bonds is 4. The van der Waals surface area contributed by atoms with Crippen molar-refractivity contribution < 1.29 is 4.79 Å². The third kappa shape index (κ3) is 2.85. The number of nitrogens with one attached hydrogen (secondary N) is 1. The van der Waals surface area contributed by atoms with Crippen LogP contribution in [0.1, 0.15) is 28.5 Å². The molecule has 2 rings (SSSR count). The van der Waals surface area contributed by atoms with E-state index in [-0.39, 0.29) is 10.9 Å². The van der Waals surface area contributed by atoms with Crippen molar-refractivity contribution in [3.8, 4) is 0 Å². The molecule has 1 amide bonds. The number of aryl methyl sites for hydroxylation is 2. The quantitative estimate of drug-likeness (QED) is 0.842. The number of aromatic nitrogens is 2. The summed E-state index contributed by atoms with van der Waals surface area (Å²) in [4.78, 5) is 12.6. The molecule has 2 aromatic rings. The maximum atomic E-state index is 12.3. The third-order valence-electron chi connectivity index (χ3n) is 2.93. The van der Waals surface area contributed by atoms with Crippen molar-refractivity contribution in [2.75, 3.05) is 5.32 Å². The number of anilines is 1. The van der Waals surface area contributed by atoms with Crippen molar-refractivity contribution in [1.29, 1.82) is 0 Å². The molecule has 104 valence electrons. The van der Waals surface area contributed by atoms with Gasteiger partial charge in [0, 0.05) is 18.8 Å². The molecule has 20 heavy (non-hydrogen) atoms. The fraction of sp³-hybridized carbons (Fsp3) is 0.214. The van der Waals surface area contributed by atoms with Gasteiger partial charge in [-0.05, 0) is 18.6 Å². The predicted octanol–water partition coefficient (Wildman–Crippen LogP) is 1.87. The Kier molecular flexibility index (Phi) is 4.14. The van der Waals surface area contributed by atoms with E-state index in [1.165, 1.54) is 0 Å². The van der Waals surface area contributed by atoms with Crippen LogP contribution in [0.2, 0.25) is 0 Å². The predicted molar refractivity (Wildman–Crippen MR) is 82.9 cm³/mol. The second-order valence-electron chi connectivity index (χ2n) is 4.38. The highest BCUT2D eigenvalue weighted by Gasteiger charge is 2.16. The molecule has 0 spiro atoms. The van der Waals surface area contributed by atoms with E-state index in [0.717, 1.165) is 5.69 Å². The molecule has 5 nitrogen and oxygen atoms in total. The van der Waals surface area contributed by atoms with Crippen LogP contribution in [0, 0.1) is 0 Å². The van der Waals surface area contributed by atoms with E-state index >= 15 is 0 Å². The van der Waals surface area contributed by atoms with Crippen LogP contribution < -0.4 is 11.1 Å². The van der Waals surface area contributed by atoms with Crippen LogP contribution in [0.15, 0.2) is 30.5 Å².